The van der Waals surface area contributed by atoms with Crippen molar-refractivity contribution in [2.75, 3.05) is 34.7 Å². The van der Waals surface area contributed by atoms with Gasteiger partial charge in [0.05, 0.1) is 18.8 Å². The Morgan fingerprint density at radius 3 is 2.69 bits per heavy atom. The summed E-state index contributed by atoms with van der Waals surface area (Å²) in [6.45, 7) is 0.944. The third-order valence-electron chi connectivity index (χ3n) is 9.31. The van der Waals surface area contributed by atoms with Gasteiger partial charge in [-0.15, -0.1) is 0 Å². The summed E-state index contributed by atoms with van der Waals surface area (Å²) in [4.78, 5) is 13.1. The zero-order valence-electron chi connectivity index (χ0n) is 22.0. The lowest BCUT2D eigenvalue weighted by Gasteiger charge is -2.59. The van der Waals surface area contributed by atoms with E-state index in [1.807, 2.05) is 6.07 Å². The molecule has 2 bridgehead atoms. The highest BCUT2D eigenvalue weighted by Crippen LogP contribution is 2.70. The molecule has 10 heteroatoms. The Morgan fingerprint density at radius 2 is 1.95 bits per heavy atom. The average molecular weight is 538 g/mol. The minimum absolute atomic E-state index is 0.0142. The van der Waals surface area contributed by atoms with Gasteiger partial charge in [0.2, 0.25) is 12.6 Å². The van der Waals surface area contributed by atoms with Gasteiger partial charge in [0, 0.05) is 32.1 Å². The Balaban J connectivity index is 1.26. The first kappa shape index (κ1) is 24.7. The van der Waals surface area contributed by atoms with Gasteiger partial charge in [-0.1, -0.05) is 6.07 Å². The number of rotatable bonds is 6. The normalized spacial score (nSPS) is 35.1. The van der Waals surface area contributed by atoms with Crippen molar-refractivity contribution in [3.05, 3.63) is 53.1 Å². The molecule has 0 radical (unpaired) electrons. The summed E-state index contributed by atoms with van der Waals surface area (Å²) in [6.07, 6.45) is 3.39. The van der Waals surface area contributed by atoms with Gasteiger partial charge in [-0.3, -0.25) is 0 Å². The number of methoxy groups -OCH3 is 3. The van der Waals surface area contributed by atoms with E-state index < -0.39 is 34.9 Å². The largest absolute Gasteiger partial charge is 0.504 e. The SMILES string of the molecule is COc1ccc(C=CC(=O)O[C@H]2C[C@]34CCN[C@@]35C[C@H](O[C@]5(OC)[C@H]2OC)c2cc3c(cc24)OCO3)cc1O. The number of carbonyl (C=O) groups excluding carboxylic acids is 1. The van der Waals surface area contributed by atoms with Crippen molar-refractivity contribution in [1.82, 2.24) is 5.32 Å². The van der Waals surface area contributed by atoms with Crippen molar-refractivity contribution < 1.29 is 43.1 Å². The fraction of sp³-hybridized carbons (Fsp3) is 0.483. The predicted molar refractivity (Wildman–Crippen MR) is 137 cm³/mol. The van der Waals surface area contributed by atoms with E-state index in [9.17, 15) is 9.90 Å². The summed E-state index contributed by atoms with van der Waals surface area (Å²) < 4.78 is 41.8. The molecule has 10 nitrogen and oxygen atoms in total. The number of esters is 1. The minimum Gasteiger partial charge on any atom is -0.504 e. The van der Waals surface area contributed by atoms with E-state index in [0.29, 0.717) is 35.7 Å². The predicted octanol–water partition coefficient (Wildman–Crippen LogP) is 2.96. The highest BCUT2D eigenvalue weighted by molar-refractivity contribution is 5.87. The molecule has 2 aromatic rings. The number of nitrogens with one attached hydrogen (secondary N) is 1. The van der Waals surface area contributed by atoms with Gasteiger partial charge in [0.15, 0.2) is 23.0 Å². The molecule has 3 aliphatic heterocycles. The number of ether oxygens (including phenoxy) is 7. The zero-order chi connectivity index (χ0) is 27.0. The smallest absolute Gasteiger partial charge is 0.331 e. The quantitative estimate of drug-likeness (QED) is 0.421. The van der Waals surface area contributed by atoms with E-state index in [1.165, 1.54) is 19.3 Å². The maximum Gasteiger partial charge on any atom is 0.331 e. The third-order valence-corrected chi connectivity index (χ3v) is 9.31. The van der Waals surface area contributed by atoms with Crippen molar-refractivity contribution >= 4 is 12.0 Å². The summed E-state index contributed by atoms with van der Waals surface area (Å²) in [5.41, 5.74) is 1.79. The van der Waals surface area contributed by atoms with Crippen LogP contribution in [0.5, 0.6) is 23.0 Å². The number of benzene rings is 2. The highest BCUT2D eigenvalue weighted by atomic mass is 16.7. The lowest BCUT2D eigenvalue weighted by Crippen LogP contribution is -2.77. The van der Waals surface area contributed by atoms with E-state index >= 15 is 0 Å². The summed E-state index contributed by atoms with van der Waals surface area (Å²) >= 11 is 0. The Hall–Kier alpha value is -3.31. The number of aromatic hydroxyl groups is 1. The standard InChI is InChI=1S/C29H31NO9/c1-33-20-6-4-16(10-19(20)31)5-7-25(32)38-24-13-27-8-9-30-28(27)14-23(39-29(28,35-3)26(24)34-2)17-11-21-22(12-18(17)27)37-15-36-21/h4-7,10-12,23-24,26,30-31H,8-9,13-15H2,1-3H3/t23-,24-,26-,27-,28-,29+/m0/s1. The van der Waals surface area contributed by atoms with E-state index in [0.717, 1.165) is 24.1 Å². The van der Waals surface area contributed by atoms with Gasteiger partial charge in [0.25, 0.3) is 0 Å². The van der Waals surface area contributed by atoms with Crippen LogP contribution in [0.3, 0.4) is 0 Å². The number of hydrogen-bond donors (Lipinski definition) is 2. The average Bonchev–Trinajstić information content (AvgIpc) is 3.64. The van der Waals surface area contributed by atoms with Crippen LogP contribution in [0.15, 0.2) is 36.4 Å². The summed E-state index contributed by atoms with van der Waals surface area (Å²) in [6, 6.07) is 8.99. The van der Waals surface area contributed by atoms with Gasteiger partial charge in [0.1, 0.15) is 12.2 Å². The Morgan fingerprint density at radius 1 is 1.13 bits per heavy atom. The molecule has 2 aromatic carbocycles. The second-order valence-corrected chi connectivity index (χ2v) is 10.7. The molecule has 0 amide bonds. The Bertz CT molecular complexity index is 1380. The minimum atomic E-state index is -1.19. The van der Waals surface area contributed by atoms with Crippen LogP contribution in [0.4, 0.5) is 0 Å². The second-order valence-electron chi connectivity index (χ2n) is 10.7. The van der Waals surface area contributed by atoms with Crippen molar-refractivity contribution in [3.8, 4) is 23.0 Å². The lowest BCUT2D eigenvalue weighted by molar-refractivity contribution is -0.328. The number of phenolic OH excluding ortho intramolecular Hbond substituents is 1. The van der Waals surface area contributed by atoms with Crippen LogP contribution in [-0.2, 0) is 29.2 Å². The zero-order valence-corrected chi connectivity index (χ0v) is 22.0. The highest BCUT2D eigenvalue weighted by Gasteiger charge is 2.81. The van der Waals surface area contributed by atoms with Crippen LogP contribution < -0.4 is 19.5 Å². The molecule has 39 heavy (non-hydrogen) atoms. The second kappa shape index (κ2) is 8.59. The van der Waals surface area contributed by atoms with Crippen LogP contribution >= 0.6 is 0 Å². The summed E-state index contributed by atoms with van der Waals surface area (Å²) in [5, 5.41) is 13.8. The lowest BCUT2D eigenvalue weighted by atomic mass is 9.51. The van der Waals surface area contributed by atoms with Crippen molar-refractivity contribution in [2.45, 2.75) is 54.3 Å². The van der Waals surface area contributed by atoms with Crippen molar-refractivity contribution in [2.24, 2.45) is 0 Å². The van der Waals surface area contributed by atoms with Crippen LogP contribution in [0.2, 0.25) is 0 Å². The summed E-state index contributed by atoms with van der Waals surface area (Å²) in [5.74, 6) is 0.0372. The van der Waals surface area contributed by atoms with Gasteiger partial charge in [-0.25, -0.2) is 4.79 Å². The van der Waals surface area contributed by atoms with Gasteiger partial charge in [-0.05, 0) is 66.4 Å². The Labute approximate surface area is 225 Å². The molecule has 2 saturated heterocycles. The molecular weight excluding hydrogens is 506 g/mol. The van der Waals surface area contributed by atoms with E-state index in [4.69, 9.17) is 33.2 Å². The molecule has 1 spiro atoms. The maximum absolute atomic E-state index is 13.1. The molecule has 3 fully saturated rings. The first-order valence-electron chi connectivity index (χ1n) is 13.1. The Kier molecular flexibility index (Phi) is 5.44. The maximum atomic E-state index is 13.1. The van der Waals surface area contributed by atoms with Crippen LogP contribution in [-0.4, -0.2) is 69.3 Å². The molecule has 2 aliphatic carbocycles. The molecule has 0 aromatic heterocycles. The molecule has 3 heterocycles. The van der Waals surface area contributed by atoms with Gasteiger partial charge in [-0.2, -0.15) is 0 Å². The molecule has 1 saturated carbocycles. The number of fused-ring (bicyclic) bond motifs is 4. The van der Waals surface area contributed by atoms with Crippen LogP contribution in [0, 0.1) is 0 Å². The molecular formula is C29H31NO9. The number of hydrogen-bond acceptors (Lipinski definition) is 10. The first-order chi connectivity index (χ1) is 18.9. The van der Waals surface area contributed by atoms with E-state index in [2.05, 4.69) is 11.4 Å². The topological polar surface area (TPSA) is 114 Å². The number of carbonyl (C=O) groups is 1. The molecule has 206 valence electrons. The molecule has 6 atom stereocenters. The van der Waals surface area contributed by atoms with Gasteiger partial charge >= 0.3 is 5.97 Å². The van der Waals surface area contributed by atoms with Gasteiger partial charge < -0.3 is 43.6 Å². The molecule has 7 rings (SSSR count). The van der Waals surface area contributed by atoms with E-state index in [-0.39, 0.29) is 18.6 Å². The van der Waals surface area contributed by atoms with Crippen LogP contribution in [0.25, 0.3) is 6.08 Å². The van der Waals surface area contributed by atoms with Crippen molar-refractivity contribution in [3.63, 3.8) is 0 Å². The molecule has 0 unspecified atom stereocenters. The first-order valence-corrected chi connectivity index (χ1v) is 13.1. The number of phenols is 1. The summed E-state index contributed by atoms with van der Waals surface area (Å²) in [7, 11) is 4.70. The van der Waals surface area contributed by atoms with E-state index in [1.54, 1.807) is 32.4 Å². The van der Waals surface area contributed by atoms with Crippen molar-refractivity contribution in [1.29, 1.82) is 0 Å². The molecule has 2 N–H and O–H groups in total. The van der Waals surface area contributed by atoms with Crippen LogP contribution in [0.1, 0.15) is 42.1 Å². The fourth-order valence-corrected chi connectivity index (χ4v) is 7.85. The third kappa shape index (κ3) is 3.14. The molecule has 5 aliphatic rings. The fourth-order valence-electron chi connectivity index (χ4n) is 7.85. The monoisotopic (exact) mass is 537 g/mol.